The molecular formula is C16H20N6O4. The first-order valence-corrected chi connectivity index (χ1v) is 8.20. The van der Waals surface area contributed by atoms with Crippen LogP contribution in [-0.2, 0) is 0 Å². The number of aryl methyl sites for hydroxylation is 1. The van der Waals surface area contributed by atoms with E-state index in [0.717, 1.165) is 0 Å². The highest BCUT2D eigenvalue weighted by Gasteiger charge is 2.19. The highest BCUT2D eigenvalue weighted by atomic mass is 16.6. The predicted molar refractivity (Wildman–Crippen MR) is 89.6 cm³/mol. The minimum atomic E-state index is -0.768. The van der Waals surface area contributed by atoms with Crippen LogP contribution >= 0.6 is 0 Å². The van der Waals surface area contributed by atoms with Crippen LogP contribution in [0.3, 0.4) is 0 Å². The molecule has 3 aromatic rings. The number of hydrogen-bond acceptors (Lipinski definition) is 8. The van der Waals surface area contributed by atoms with Crippen molar-refractivity contribution in [2.24, 2.45) is 5.92 Å². The van der Waals surface area contributed by atoms with Crippen molar-refractivity contribution in [2.45, 2.75) is 26.9 Å². The van der Waals surface area contributed by atoms with E-state index in [1.165, 1.54) is 0 Å². The van der Waals surface area contributed by atoms with Crippen molar-refractivity contribution < 1.29 is 19.3 Å². The van der Waals surface area contributed by atoms with Crippen molar-refractivity contribution >= 4 is 11.6 Å². The Balaban J connectivity index is 1.64. The molecule has 3 heterocycles. The summed E-state index contributed by atoms with van der Waals surface area (Å²) < 4.78 is 11.5. The number of aliphatic hydroxyl groups is 1. The van der Waals surface area contributed by atoms with Gasteiger partial charge in [0, 0.05) is 6.20 Å². The predicted octanol–water partition coefficient (Wildman–Crippen LogP) is 0.919. The molecule has 0 saturated carbocycles. The van der Waals surface area contributed by atoms with Crippen LogP contribution in [0.4, 0.5) is 0 Å². The van der Waals surface area contributed by atoms with E-state index in [0.29, 0.717) is 28.6 Å². The van der Waals surface area contributed by atoms with Crippen molar-refractivity contribution in [3.05, 3.63) is 35.4 Å². The Kier molecular flexibility index (Phi) is 5.12. The summed E-state index contributed by atoms with van der Waals surface area (Å²) in [7, 11) is 0. The molecule has 1 atom stereocenters. The monoisotopic (exact) mass is 360 g/mol. The molecule has 0 aromatic carbocycles. The summed E-state index contributed by atoms with van der Waals surface area (Å²) >= 11 is 0. The molecule has 0 radical (unpaired) electrons. The molecule has 0 saturated heterocycles. The average molecular weight is 360 g/mol. The Hall–Kier alpha value is -3.01. The molecule has 1 unspecified atom stereocenters. The second-order valence-electron chi connectivity index (χ2n) is 6.15. The lowest BCUT2D eigenvalue weighted by Crippen LogP contribution is -2.28. The molecule has 3 aromatic heterocycles. The van der Waals surface area contributed by atoms with Gasteiger partial charge in [0.05, 0.1) is 12.1 Å². The van der Waals surface area contributed by atoms with E-state index in [1.54, 1.807) is 29.7 Å². The maximum absolute atomic E-state index is 12.3. The third-order valence-corrected chi connectivity index (χ3v) is 3.82. The maximum Gasteiger partial charge on any atom is 0.278 e. The summed E-state index contributed by atoms with van der Waals surface area (Å²) in [6.45, 7) is 5.99. The zero-order valence-electron chi connectivity index (χ0n) is 14.7. The van der Waals surface area contributed by atoms with Crippen LogP contribution in [0, 0.1) is 12.8 Å². The molecule has 2 N–H and O–H groups in total. The van der Waals surface area contributed by atoms with Gasteiger partial charge in [0.25, 0.3) is 11.8 Å². The average Bonchev–Trinajstić information content (AvgIpc) is 3.23. The van der Waals surface area contributed by atoms with Crippen LogP contribution in [0.15, 0.2) is 23.0 Å². The zero-order valence-corrected chi connectivity index (χ0v) is 14.7. The second-order valence-corrected chi connectivity index (χ2v) is 6.15. The molecule has 0 spiro atoms. The lowest BCUT2D eigenvalue weighted by molar-refractivity contribution is 0.0945. The van der Waals surface area contributed by atoms with Crippen molar-refractivity contribution in [3.63, 3.8) is 0 Å². The Morgan fingerprint density at radius 1 is 1.35 bits per heavy atom. The molecule has 0 aliphatic carbocycles. The minimum Gasteiger partial charge on any atom is -0.472 e. The Bertz CT molecular complexity index is 903. The lowest BCUT2D eigenvalue weighted by Gasteiger charge is -2.12. The van der Waals surface area contributed by atoms with E-state index >= 15 is 0 Å². The third-order valence-electron chi connectivity index (χ3n) is 3.82. The number of aliphatic hydroxyl groups excluding tert-OH is 1. The summed E-state index contributed by atoms with van der Waals surface area (Å²) in [5, 5.41) is 28.2. The highest BCUT2D eigenvalue weighted by molar-refractivity contribution is 5.94. The molecule has 26 heavy (non-hydrogen) atoms. The second kappa shape index (κ2) is 7.48. The number of pyridine rings is 1. The van der Waals surface area contributed by atoms with E-state index in [9.17, 15) is 9.90 Å². The van der Waals surface area contributed by atoms with Gasteiger partial charge in [-0.3, -0.25) is 9.20 Å². The number of hydrogen-bond donors (Lipinski definition) is 2. The lowest BCUT2D eigenvalue weighted by atomic mass is 10.1. The van der Waals surface area contributed by atoms with E-state index in [1.807, 2.05) is 13.8 Å². The van der Waals surface area contributed by atoms with Crippen molar-refractivity contribution in [3.8, 4) is 5.88 Å². The number of carbonyl (C=O) groups excluding carboxylic acids is 1. The van der Waals surface area contributed by atoms with Gasteiger partial charge in [-0.05, 0) is 30.1 Å². The number of ether oxygens (including phenoxy) is 1. The van der Waals surface area contributed by atoms with Crippen molar-refractivity contribution in [2.75, 3.05) is 13.2 Å². The Morgan fingerprint density at radius 2 is 2.15 bits per heavy atom. The summed E-state index contributed by atoms with van der Waals surface area (Å²) in [4.78, 5) is 12.3. The molecule has 1 amide bonds. The smallest absolute Gasteiger partial charge is 0.278 e. The largest absolute Gasteiger partial charge is 0.472 e. The maximum atomic E-state index is 12.3. The molecule has 0 fully saturated rings. The van der Waals surface area contributed by atoms with E-state index in [2.05, 4.69) is 30.5 Å². The summed E-state index contributed by atoms with van der Waals surface area (Å²) in [5.41, 5.74) is 1.54. The number of fused-ring (bicyclic) bond motifs is 1. The fourth-order valence-corrected chi connectivity index (χ4v) is 2.31. The van der Waals surface area contributed by atoms with Gasteiger partial charge < -0.3 is 15.2 Å². The van der Waals surface area contributed by atoms with Gasteiger partial charge in [-0.15, -0.1) is 10.2 Å². The van der Waals surface area contributed by atoms with Gasteiger partial charge in [0.1, 0.15) is 18.4 Å². The molecule has 10 heteroatoms. The van der Waals surface area contributed by atoms with Gasteiger partial charge in [-0.25, -0.2) is 4.63 Å². The molecule has 0 aliphatic rings. The summed E-state index contributed by atoms with van der Waals surface area (Å²) in [6.07, 6.45) is 0.842. The molecule has 10 nitrogen and oxygen atoms in total. The van der Waals surface area contributed by atoms with Crippen LogP contribution in [-0.4, -0.2) is 49.1 Å². The van der Waals surface area contributed by atoms with Crippen molar-refractivity contribution in [1.29, 1.82) is 0 Å². The van der Waals surface area contributed by atoms with Gasteiger partial charge in [-0.2, -0.15) is 0 Å². The number of aromatic nitrogens is 5. The molecule has 0 aliphatic heterocycles. The Labute approximate surface area is 149 Å². The fourth-order valence-electron chi connectivity index (χ4n) is 2.31. The SMILES string of the molecule is Cc1nonc1OCCNC(=O)c1ccc2nnc(C(O)C(C)C)n2c1. The van der Waals surface area contributed by atoms with Gasteiger partial charge in [-0.1, -0.05) is 19.0 Å². The van der Waals surface area contributed by atoms with Crippen LogP contribution < -0.4 is 10.1 Å². The molecular weight excluding hydrogens is 340 g/mol. The standard InChI is InChI=1S/C16H20N6O4/c1-9(2)13(23)14-19-18-12-5-4-11(8-22(12)14)15(24)17-6-7-25-16-10(3)20-26-21-16/h4-5,8-9,13,23H,6-7H2,1-3H3,(H,17,24). The van der Waals surface area contributed by atoms with Gasteiger partial charge >= 0.3 is 0 Å². The van der Waals surface area contributed by atoms with Crippen molar-refractivity contribution in [1.82, 2.24) is 30.2 Å². The van der Waals surface area contributed by atoms with Crippen LogP contribution in [0.1, 0.15) is 41.8 Å². The van der Waals surface area contributed by atoms with Gasteiger partial charge in [0.2, 0.25) is 0 Å². The normalized spacial score (nSPS) is 12.5. The topological polar surface area (TPSA) is 128 Å². The summed E-state index contributed by atoms with van der Waals surface area (Å²) in [5.74, 6) is 0.412. The molecule has 138 valence electrons. The van der Waals surface area contributed by atoms with Crippen LogP contribution in [0.2, 0.25) is 0 Å². The highest BCUT2D eigenvalue weighted by Crippen LogP contribution is 2.20. The first-order valence-electron chi connectivity index (χ1n) is 8.20. The zero-order chi connectivity index (χ0) is 18.7. The number of rotatable bonds is 7. The summed E-state index contributed by atoms with van der Waals surface area (Å²) in [6, 6.07) is 3.33. The first-order chi connectivity index (χ1) is 12.5. The van der Waals surface area contributed by atoms with Gasteiger partial charge in [0.15, 0.2) is 11.5 Å². The Morgan fingerprint density at radius 3 is 2.85 bits per heavy atom. The molecule has 0 bridgehead atoms. The molecule has 3 rings (SSSR count). The minimum absolute atomic E-state index is 0.0218. The number of nitrogens with one attached hydrogen (secondary N) is 1. The van der Waals surface area contributed by atoms with E-state index in [-0.39, 0.29) is 25.0 Å². The van der Waals surface area contributed by atoms with E-state index in [4.69, 9.17) is 4.74 Å². The number of amides is 1. The van der Waals surface area contributed by atoms with E-state index < -0.39 is 6.10 Å². The fraction of sp³-hybridized carbons (Fsp3) is 0.438. The number of carbonyl (C=O) groups is 1. The third kappa shape index (κ3) is 3.64. The first kappa shape index (κ1) is 17.8. The number of nitrogens with zero attached hydrogens (tertiary/aromatic N) is 5. The van der Waals surface area contributed by atoms with Crippen LogP contribution in [0.5, 0.6) is 5.88 Å². The van der Waals surface area contributed by atoms with Crippen LogP contribution in [0.25, 0.3) is 5.65 Å². The quantitative estimate of drug-likeness (QED) is 0.595.